The van der Waals surface area contributed by atoms with E-state index < -0.39 is 0 Å². The van der Waals surface area contributed by atoms with Gasteiger partial charge in [-0.25, -0.2) is 0 Å². The molecular weight excluding hydrogens is 232 g/mol. The first kappa shape index (κ1) is 17.0. The number of nitrogens with one attached hydrogen (secondary N) is 1. The molecule has 1 saturated carbocycles. The van der Waals surface area contributed by atoms with Gasteiger partial charge in [0, 0.05) is 18.6 Å². The third-order valence-electron chi connectivity index (χ3n) is 4.97. The van der Waals surface area contributed by atoms with Crippen molar-refractivity contribution in [2.45, 2.75) is 84.7 Å². The van der Waals surface area contributed by atoms with Crippen molar-refractivity contribution >= 4 is 0 Å². The van der Waals surface area contributed by atoms with Crippen LogP contribution >= 0.6 is 0 Å². The van der Waals surface area contributed by atoms with Crippen LogP contribution in [0.25, 0.3) is 0 Å². The first-order valence-electron chi connectivity index (χ1n) is 8.74. The molecule has 2 unspecified atom stereocenters. The summed E-state index contributed by atoms with van der Waals surface area (Å²) in [4.78, 5) is 2.77. The maximum Gasteiger partial charge on any atom is 0.0249 e. The van der Waals surface area contributed by atoms with Crippen molar-refractivity contribution in [2.75, 3.05) is 19.6 Å². The SMILES string of the molecule is CCNC1CCCCCC1N(CC)CC(CC)CC. The predicted molar refractivity (Wildman–Crippen MR) is 85.7 cm³/mol. The topological polar surface area (TPSA) is 15.3 Å². The molecule has 0 amide bonds. The lowest BCUT2D eigenvalue weighted by molar-refractivity contribution is 0.130. The monoisotopic (exact) mass is 268 g/mol. The Morgan fingerprint density at radius 2 is 1.68 bits per heavy atom. The molecule has 0 aliphatic heterocycles. The summed E-state index contributed by atoms with van der Waals surface area (Å²) < 4.78 is 0. The Labute approximate surface area is 121 Å². The number of rotatable bonds is 8. The normalized spacial score (nSPS) is 24.9. The van der Waals surface area contributed by atoms with Gasteiger partial charge in [0.25, 0.3) is 0 Å². The molecule has 114 valence electrons. The maximum atomic E-state index is 3.76. The highest BCUT2D eigenvalue weighted by atomic mass is 15.2. The van der Waals surface area contributed by atoms with E-state index in [2.05, 4.69) is 37.9 Å². The number of nitrogens with zero attached hydrogens (tertiary/aromatic N) is 1. The summed E-state index contributed by atoms with van der Waals surface area (Å²) in [6.45, 7) is 12.9. The fourth-order valence-electron chi connectivity index (χ4n) is 3.60. The third-order valence-corrected chi connectivity index (χ3v) is 4.97. The molecule has 1 fully saturated rings. The van der Waals surface area contributed by atoms with E-state index in [9.17, 15) is 0 Å². The highest BCUT2D eigenvalue weighted by Gasteiger charge is 2.28. The second-order valence-corrected chi connectivity index (χ2v) is 6.14. The van der Waals surface area contributed by atoms with Crippen LogP contribution in [-0.2, 0) is 0 Å². The van der Waals surface area contributed by atoms with Gasteiger partial charge in [-0.15, -0.1) is 0 Å². The van der Waals surface area contributed by atoms with Crippen molar-refractivity contribution < 1.29 is 0 Å². The Bertz CT molecular complexity index is 213. The van der Waals surface area contributed by atoms with Gasteiger partial charge in [-0.1, -0.05) is 59.8 Å². The highest BCUT2D eigenvalue weighted by Crippen LogP contribution is 2.24. The Hall–Kier alpha value is -0.0800. The van der Waals surface area contributed by atoms with Crippen molar-refractivity contribution in [1.82, 2.24) is 10.2 Å². The first-order valence-corrected chi connectivity index (χ1v) is 8.74. The van der Waals surface area contributed by atoms with Crippen LogP contribution in [0.5, 0.6) is 0 Å². The van der Waals surface area contributed by atoms with Crippen LogP contribution in [0.1, 0.15) is 72.6 Å². The lowest BCUT2D eigenvalue weighted by Crippen LogP contribution is -2.50. The van der Waals surface area contributed by atoms with Gasteiger partial charge >= 0.3 is 0 Å². The molecule has 0 radical (unpaired) electrons. The second-order valence-electron chi connectivity index (χ2n) is 6.14. The van der Waals surface area contributed by atoms with E-state index in [1.54, 1.807) is 0 Å². The molecule has 0 aromatic rings. The molecule has 1 aliphatic carbocycles. The zero-order valence-electron chi connectivity index (χ0n) is 13.8. The standard InChI is InChI=1S/C17H36N2/c1-5-15(6-2)14-19(8-4)17-13-11-9-10-12-16(17)18-7-3/h15-18H,5-14H2,1-4H3. The quantitative estimate of drug-likeness (QED) is 0.668. The minimum absolute atomic E-state index is 0.724. The molecule has 0 aromatic carbocycles. The lowest BCUT2D eigenvalue weighted by atomic mass is 9.97. The van der Waals surface area contributed by atoms with Gasteiger partial charge in [0.05, 0.1) is 0 Å². The summed E-state index contributed by atoms with van der Waals surface area (Å²) in [5.41, 5.74) is 0. The van der Waals surface area contributed by atoms with Gasteiger partial charge in [0.1, 0.15) is 0 Å². The summed E-state index contributed by atoms with van der Waals surface area (Å²) in [5, 5.41) is 3.76. The van der Waals surface area contributed by atoms with Crippen molar-refractivity contribution in [3.63, 3.8) is 0 Å². The molecule has 1 N–H and O–H groups in total. The molecule has 0 aromatic heterocycles. The Morgan fingerprint density at radius 3 is 2.26 bits per heavy atom. The van der Waals surface area contributed by atoms with E-state index in [0.717, 1.165) is 24.5 Å². The molecule has 0 spiro atoms. The van der Waals surface area contributed by atoms with Gasteiger partial charge < -0.3 is 5.32 Å². The van der Waals surface area contributed by atoms with Crippen LogP contribution in [0.2, 0.25) is 0 Å². The van der Waals surface area contributed by atoms with Gasteiger partial charge in [-0.3, -0.25) is 4.90 Å². The van der Waals surface area contributed by atoms with Crippen molar-refractivity contribution in [3.8, 4) is 0 Å². The highest BCUT2D eigenvalue weighted by molar-refractivity contribution is 4.87. The van der Waals surface area contributed by atoms with Crippen LogP contribution in [-0.4, -0.2) is 36.6 Å². The largest absolute Gasteiger partial charge is 0.313 e. The van der Waals surface area contributed by atoms with E-state index >= 15 is 0 Å². The van der Waals surface area contributed by atoms with Gasteiger partial charge in [-0.2, -0.15) is 0 Å². The van der Waals surface area contributed by atoms with E-state index in [4.69, 9.17) is 0 Å². The Kier molecular flexibility index (Phi) is 8.72. The molecule has 0 saturated heterocycles. The van der Waals surface area contributed by atoms with Gasteiger partial charge in [-0.05, 0) is 31.8 Å². The average Bonchev–Trinajstić information content (AvgIpc) is 2.67. The van der Waals surface area contributed by atoms with Crippen LogP contribution in [0.15, 0.2) is 0 Å². The summed E-state index contributed by atoms with van der Waals surface area (Å²) in [7, 11) is 0. The number of hydrogen-bond acceptors (Lipinski definition) is 2. The van der Waals surface area contributed by atoms with Crippen LogP contribution < -0.4 is 5.32 Å². The molecule has 2 nitrogen and oxygen atoms in total. The molecule has 2 heteroatoms. The second kappa shape index (κ2) is 9.77. The van der Waals surface area contributed by atoms with Crippen molar-refractivity contribution in [1.29, 1.82) is 0 Å². The summed E-state index contributed by atoms with van der Waals surface area (Å²) in [6, 6.07) is 1.50. The summed E-state index contributed by atoms with van der Waals surface area (Å²) >= 11 is 0. The third kappa shape index (κ3) is 5.43. The molecule has 2 atom stereocenters. The van der Waals surface area contributed by atoms with E-state index in [0.29, 0.717) is 0 Å². The van der Waals surface area contributed by atoms with Crippen LogP contribution in [0.3, 0.4) is 0 Å². The molecule has 19 heavy (non-hydrogen) atoms. The van der Waals surface area contributed by atoms with E-state index in [1.165, 1.54) is 58.0 Å². The lowest BCUT2D eigenvalue weighted by Gasteiger charge is -2.38. The van der Waals surface area contributed by atoms with E-state index in [-0.39, 0.29) is 0 Å². The number of hydrogen-bond donors (Lipinski definition) is 1. The first-order chi connectivity index (χ1) is 9.26. The Morgan fingerprint density at radius 1 is 1.00 bits per heavy atom. The van der Waals surface area contributed by atoms with Crippen molar-refractivity contribution in [3.05, 3.63) is 0 Å². The zero-order valence-corrected chi connectivity index (χ0v) is 13.8. The number of likely N-dealkylation sites (N-methyl/N-ethyl adjacent to an activating group) is 2. The average molecular weight is 268 g/mol. The minimum atomic E-state index is 0.724. The molecule has 0 bridgehead atoms. The summed E-state index contributed by atoms with van der Waals surface area (Å²) in [5.74, 6) is 0.880. The molecule has 0 heterocycles. The fraction of sp³-hybridized carbons (Fsp3) is 1.00. The van der Waals surface area contributed by atoms with Crippen LogP contribution in [0.4, 0.5) is 0 Å². The fourth-order valence-corrected chi connectivity index (χ4v) is 3.60. The minimum Gasteiger partial charge on any atom is -0.313 e. The molecule has 1 aliphatic rings. The Balaban J connectivity index is 2.67. The van der Waals surface area contributed by atoms with Crippen LogP contribution in [0, 0.1) is 5.92 Å². The van der Waals surface area contributed by atoms with Gasteiger partial charge in [0.2, 0.25) is 0 Å². The van der Waals surface area contributed by atoms with Gasteiger partial charge in [0.15, 0.2) is 0 Å². The predicted octanol–water partition coefficient (Wildman–Crippen LogP) is 4.06. The summed E-state index contributed by atoms with van der Waals surface area (Å²) in [6.07, 6.45) is 9.68. The van der Waals surface area contributed by atoms with E-state index in [1.807, 2.05) is 0 Å². The molecular formula is C17H36N2. The zero-order chi connectivity index (χ0) is 14.1. The smallest absolute Gasteiger partial charge is 0.0249 e. The van der Waals surface area contributed by atoms with Crippen molar-refractivity contribution in [2.24, 2.45) is 5.92 Å². The maximum absolute atomic E-state index is 3.76. The molecule has 1 rings (SSSR count).